The molecule has 0 spiro atoms. The minimum atomic E-state index is -3.13. The Morgan fingerprint density at radius 1 is 0.424 bits per heavy atom. The highest BCUT2D eigenvalue weighted by molar-refractivity contribution is 7.87. The minimum Gasteiger partial charge on any atom is -0.466 e. The second-order valence-electron chi connectivity index (χ2n) is 26.4. The van der Waals surface area contributed by atoms with Crippen molar-refractivity contribution in [2.24, 2.45) is 76.9 Å². The van der Waals surface area contributed by atoms with Gasteiger partial charge in [0.2, 0.25) is 0 Å². The fourth-order valence-electron chi connectivity index (χ4n) is 17.4. The van der Waals surface area contributed by atoms with Gasteiger partial charge in [-0.25, -0.2) is 14.4 Å². The van der Waals surface area contributed by atoms with Crippen molar-refractivity contribution < 1.29 is 116 Å². The van der Waals surface area contributed by atoms with Crippen LogP contribution in [-0.2, 0) is 105 Å². The molecule has 85 heavy (non-hydrogen) atoms. The number of rotatable bonds is 0. The standard InChI is InChI=1S/C10H14O2.C9H12O2.C8H10O5.C8H10O2.C7H10O3S.C6H8O3.C4H6O2.C3H6O3S.C3H4O3/c11-10-8-2-6-1-7(3-8)5-9(4-6)12-10;10-9-8-6-2-1-5(3-6)7(8)4-11-9;9-8-10-2-4-1-5-7(6(4)13-8)12-3-11-5;9-8-6-2-4-1-5(6)7(3-4)10-8;8-11(9)7-3-4-1-5(7)6(2-4)10-11;7-6-8-4-1-2-5(3-4)9-6;5-4-2-1-3-6-4;4-7(5)3-1-2-6-7;4-3-5-1-2-6-3/h6-9H,1-5H2;5-8H,1-4H2;4-7H,1-3H2;4-7H,1-3H2;4-7H,1-3H2;4-5H,1-3H2;1-3H2;1-3H2;1-2H2. The van der Waals surface area contributed by atoms with E-state index in [0.717, 1.165) is 120 Å². The number of cyclic esters (lactones) is 5. The van der Waals surface area contributed by atoms with Gasteiger partial charge in [-0.3, -0.25) is 27.5 Å². The van der Waals surface area contributed by atoms with E-state index in [1.807, 2.05) is 0 Å². The van der Waals surface area contributed by atoms with E-state index in [1.54, 1.807) is 0 Å². The Hall–Kier alpha value is -4.57. The molecule has 0 aromatic heterocycles. The third-order valence-corrected chi connectivity index (χ3v) is 24.1. The second kappa shape index (κ2) is 25.9. The zero-order valence-corrected chi connectivity index (χ0v) is 49.4. The second-order valence-corrected chi connectivity index (χ2v) is 29.9. The van der Waals surface area contributed by atoms with Gasteiger partial charge in [0.15, 0.2) is 0 Å². The van der Waals surface area contributed by atoms with Gasteiger partial charge in [-0.2, -0.15) is 16.8 Å². The lowest BCUT2D eigenvalue weighted by Crippen LogP contribution is -2.40. The van der Waals surface area contributed by atoms with E-state index in [4.69, 9.17) is 46.8 Å². The maximum absolute atomic E-state index is 11.4. The van der Waals surface area contributed by atoms with Crippen molar-refractivity contribution in [1.29, 1.82) is 0 Å². The summed E-state index contributed by atoms with van der Waals surface area (Å²) < 4.78 is 111. The Kier molecular flexibility index (Phi) is 18.5. The fourth-order valence-corrected chi connectivity index (χ4v) is 20.3. The summed E-state index contributed by atoms with van der Waals surface area (Å²) in [6.45, 7) is 3.32. The number of hydrogen-bond donors (Lipinski definition) is 0. The normalized spacial score (nSPS) is 44.6. The Morgan fingerprint density at radius 3 is 1.72 bits per heavy atom. The molecule has 11 heterocycles. The van der Waals surface area contributed by atoms with E-state index in [2.05, 4.69) is 18.4 Å². The van der Waals surface area contributed by atoms with E-state index >= 15 is 0 Å². The molecule has 0 N–H and O–H groups in total. The lowest BCUT2D eigenvalue weighted by atomic mass is 9.68. The lowest BCUT2D eigenvalue weighted by Gasteiger charge is -2.35. The van der Waals surface area contributed by atoms with Crippen LogP contribution in [0.1, 0.15) is 135 Å². The van der Waals surface area contributed by atoms with Crippen LogP contribution in [0.3, 0.4) is 0 Å². The number of ether oxygens (including phenoxy) is 12. The highest BCUT2D eigenvalue weighted by Gasteiger charge is 2.60. The quantitative estimate of drug-likeness (QED) is 0.153. The Bertz CT molecular complexity index is 2640. The monoisotopic (exact) mass is 1240 g/mol. The number of carbonyl (C=O) groups is 7. The van der Waals surface area contributed by atoms with Gasteiger partial charge < -0.3 is 56.8 Å². The molecule has 21 rings (SSSR count). The topological polar surface area (TPSA) is 317 Å². The summed E-state index contributed by atoms with van der Waals surface area (Å²) in [5.41, 5.74) is 0. The van der Waals surface area contributed by atoms with Crippen molar-refractivity contribution >= 4 is 62.6 Å². The molecule has 11 aliphatic heterocycles. The van der Waals surface area contributed by atoms with Crippen molar-refractivity contribution in [3.05, 3.63) is 0 Å². The van der Waals surface area contributed by atoms with Gasteiger partial charge in [0, 0.05) is 36.5 Å². The molecule has 0 radical (unpaired) electrons. The van der Waals surface area contributed by atoms with Crippen LogP contribution in [0.4, 0.5) is 14.4 Å². The molecule has 0 aromatic carbocycles. The van der Waals surface area contributed by atoms with Crippen molar-refractivity contribution in [3.63, 3.8) is 0 Å². The minimum absolute atomic E-state index is 0.0463. The molecule has 12 bridgehead atoms. The highest BCUT2D eigenvalue weighted by Crippen LogP contribution is 2.57. The summed E-state index contributed by atoms with van der Waals surface area (Å²) in [7, 11) is -6.18. The largest absolute Gasteiger partial charge is 0.508 e. The van der Waals surface area contributed by atoms with Gasteiger partial charge in [-0.1, -0.05) is 0 Å². The van der Waals surface area contributed by atoms with Gasteiger partial charge in [-0.15, -0.1) is 0 Å². The zero-order chi connectivity index (χ0) is 59.1. The molecule has 27 heteroatoms. The van der Waals surface area contributed by atoms with E-state index in [1.165, 1.54) is 32.1 Å². The van der Waals surface area contributed by atoms with E-state index < -0.39 is 38.7 Å². The van der Waals surface area contributed by atoms with E-state index in [9.17, 15) is 50.4 Å². The van der Waals surface area contributed by atoms with Crippen LogP contribution < -0.4 is 0 Å². The average Bonchev–Trinajstić information content (AvgIpc) is 1.99. The first-order chi connectivity index (χ1) is 40.9. The van der Waals surface area contributed by atoms with Gasteiger partial charge in [0.1, 0.15) is 63.2 Å². The summed E-state index contributed by atoms with van der Waals surface area (Å²) in [5.74, 6) is 7.77. The molecule has 21 aliphatic rings. The number of hydrogen-bond acceptors (Lipinski definition) is 25. The molecule has 25 nitrogen and oxygen atoms in total. The maximum atomic E-state index is 11.4. The van der Waals surface area contributed by atoms with Crippen LogP contribution in [0, 0.1) is 76.9 Å². The first-order valence-corrected chi connectivity index (χ1v) is 34.2. The number of carbonyl (C=O) groups excluding carboxylic acids is 7. The molecule has 21 fully saturated rings. The van der Waals surface area contributed by atoms with Gasteiger partial charge >= 0.3 is 42.3 Å². The van der Waals surface area contributed by atoms with Gasteiger partial charge in [-0.05, 0) is 158 Å². The molecule has 10 aliphatic carbocycles. The van der Waals surface area contributed by atoms with Crippen LogP contribution >= 0.6 is 0 Å². The van der Waals surface area contributed by atoms with Crippen molar-refractivity contribution in [1.82, 2.24) is 0 Å². The Labute approximate surface area is 494 Å². The van der Waals surface area contributed by atoms with Crippen molar-refractivity contribution in [2.75, 3.05) is 52.2 Å². The fraction of sp³-hybridized carbons (Fsp3) is 0.879. The van der Waals surface area contributed by atoms with Crippen molar-refractivity contribution in [2.45, 2.75) is 189 Å². The van der Waals surface area contributed by atoms with E-state index in [-0.39, 0.29) is 89.4 Å². The lowest BCUT2D eigenvalue weighted by molar-refractivity contribution is -0.151. The molecule has 0 aromatic rings. The predicted octanol–water partition coefficient (Wildman–Crippen LogP) is 5.99. The summed E-state index contributed by atoms with van der Waals surface area (Å²) in [4.78, 5) is 74.9. The highest BCUT2D eigenvalue weighted by atomic mass is 32.2. The van der Waals surface area contributed by atoms with Crippen LogP contribution in [0.25, 0.3) is 0 Å². The van der Waals surface area contributed by atoms with Crippen LogP contribution in [0.5, 0.6) is 0 Å². The third-order valence-electron chi connectivity index (χ3n) is 21.0. The Balaban J connectivity index is 0.0000000949. The SMILES string of the molecule is O=C1CCCO1.O=C1OC2CC3CC(C2)CC1C3.O=C1OC2CC3CC1C2C3.O=C1OC2CCC(C2)O1.O=C1OCC2C3CCC(C3)C12.O=C1OCC2CC3OCOC3C2O1.O=C1OCCO1.O=S1(=O)CCCO1.O=S1(=O)OC2CC3CC2C1C3. The molecular formula is C58H80O25S2. The van der Waals surface area contributed by atoms with E-state index in [0.29, 0.717) is 100 Å². The predicted molar refractivity (Wildman–Crippen MR) is 285 cm³/mol. The maximum Gasteiger partial charge on any atom is 0.508 e. The Morgan fingerprint density at radius 2 is 1.14 bits per heavy atom. The number of esters is 4. The van der Waals surface area contributed by atoms with Gasteiger partial charge in [0.05, 0.1) is 60.8 Å². The molecule has 11 saturated heterocycles. The average molecular weight is 1240 g/mol. The van der Waals surface area contributed by atoms with Crippen molar-refractivity contribution in [3.8, 4) is 0 Å². The smallest absolute Gasteiger partial charge is 0.466 e. The van der Waals surface area contributed by atoms with Crippen LogP contribution in [-0.4, -0.2) is 165 Å². The molecule has 20 unspecified atom stereocenters. The number of fused-ring (bicyclic) bond motifs is 13. The molecular weight excluding hydrogens is 1160 g/mol. The summed E-state index contributed by atoms with van der Waals surface area (Å²) in [6.07, 6.45) is 21.5. The third kappa shape index (κ3) is 14.2. The summed E-state index contributed by atoms with van der Waals surface area (Å²) >= 11 is 0. The summed E-state index contributed by atoms with van der Waals surface area (Å²) in [5, 5.41) is -0.133. The molecule has 20 atom stereocenters. The first-order valence-electron chi connectivity index (χ1n) is 31.1. The summed E-state index contributed by atoms with van der Waals surface area (Å²) in [6, 6.07) is 0. The van der Waals surface area contributed by atoms with Gasteiger partial charge in [0.25, 0.3) is 20.2 Å². The molecule has 474 valence electrons. The van der Waals surface area contributed by atoms with Crippen LogP contribution in [0.15, 0.2) is 0 Å². The molecule has 10 saturated carbocycles. The van der Waals surface area contributed by atoms with Crippen LogP contribution in [0.2, 0.25) is 0 Å². The molecule has 0 amide bonds. The zero-order valence-electron chi connectivity index (χ0n) is 47.7. The first kappa shape index (κ1) is 60.7.